The molecule has 0 aliphatic carbocycles. The monoisotopic (exact) mass is 448 g/mol. The Hall–Kier alpha value is -4.04. The molecule has 33 heavy (non-hydrogen) atoms. The summed E-state index contributed by atoms with van der Waals surface area (Å²) in [4.78, 5) is 37.2. The van der Waals surface area contributed by atoms with Gasteiger partial charge in [-0.25, -0.2) is 4.79 Å². The van der Waals surface area contributed by atoms with Crippen molar-refractivity contribution in [2.45, 2.75) is 19.9 Å². The summed E-state index contributed by atoms with van der Waals surface area (Å²) in [5.41, 5.74) is 2.56. The molecule has 8 heteroatoms. The zero-order chi connectivity index (χ0) is 24.0. The molecular formula is C25H24N2O6. The standard InChI is InChI=1S/C25H24N2O6/c1-3-20-21(25(29)30)13-14-22(27(31)32)24(20)26(23(28)16-33-2)15-17-9-11-19(12-10-17)18-7-5-4-6-8-18/h4-14H,3,15-16H2,1-2H3,(H,29,30). The number of carbonyl (C=O) groups excluding carboxylic acids is 1. The molecule has 0 saturated carbocycles. The Morgan fingerprint density at radius 1 is 1.00 bits per heavy atom. The van der Waals surface area contributed by atoms with Crippen LogP contribution in [0.1, 0.15) is 28.4 Å². The highest BCUT2D eigenvalue weighted by molar-refractivity contribution is 6.01. The van der Waals surface area contributed by atoms with Crippen LogP contribution in [-0.2, 0) is 22.5 Å². The summed E-state index contributed by atoms with van der Waals surface area (Å²) in [5.74, 6) is -1.72. The molecule has 0 aromatic heterocycles. The maximum Gasteiger partial charge on any atom is 0.336 e. The zero-order valence-electron chi connectivity index (χ0n) is 18.4. The maximum absolute atomic E-state index is 13.0. The molecule has 0 aliphatic heterocycles. The number of nitro groups is 1. The fourth-order valence-electron chi connectivity index (χ4n) is 3.74. The van der Waals surface area contributed by atoms with Gasteiger partial charge in [-0.3, -0.25) is 19.8 Å². The van der Waals surface area contributed by atoms with E-state index < -0.39 is 16.8 Å². The van der Waals surface area contributed by atoms with Crippen molar-refractivity contribution in [2.24, 2.45) is 0 Å². The van der Waals surface area contributed by atoms with Gasteiger partial charge in [-0.05, 0) is 34.7 Å². The minimum Gasteiger partial charge on any atom is -0.478 e. The van der Waals surface area contributed by atoms with Crippen molar-refractivity contribution in [1.82, 2.24) is 0 Å². The molecule has 3 aromatic rings. The fraction of sp³-hybridized carbons (Fsp3) is 0.200. The van der Waals surface area contributed by atoms with Crippen molar-refractivity contribution in [3.63, 3.8) is 0 Å². The summed E-state index contributed by atoms with van der Waals surface area (Å²) in [7, 11) is 1.35. The van der Waals surface area contributed by atoms with Crippen LogP contribution in [0.4, 0.5) is 11.4 Å². The van der Waals surface area contributed by atoms with Gasteiger partial charge in [0.2, 0.25) is 0 Å². The van der Waals surface area contributed by atoms with Crippen LogP contribution in [0.3, 0.4) is 0 Å². The van der Waals surface area contributed by atoms with Crippen LogP contribution in [-0.4, -0.2) is 35.6 Å². The number of methoxy groups -OCH3 is 1. The van der Waals surface area contributed by atoms with Crippen molar-refractivity contribution in [3.8, 4) is 11.1 Å². The first-order valence-electron chi connectivity index (χ1n) is 10.3. The molecule has 0 saturated heterocycles. The average Bonchev–Trinajstić information content (AvgIpc) is 2.82. The number of ether oxygens (including phenoxy) is 1. The third-order valence-corrected chi connectivity index (χ3v) is 5.28. The Morgan fingerprint density at radius 3 is 2.18 bits per heavy atom. The highest BCUT2D eigenvalue weighted by atomic mass is 16.6. The lowest BCUT2D eigenvalue weighted by molar-refractivity contribution is -0.384. The number of amides is 1. The van der Waals surface area contributed by atoms with Gasteiger partial charge in [0.05, 0.1) is 17.0 Å². The number of benzene rings is 3. The lowest BCUT2D eigenvalue weighted by Crippen LogP contribution is -2.35. The van der Waals surface area contributed by atoms with Crippen molar-refractivity contribution >= 4 is 23.3 Å². The Labute approximate surface area is 191 Å². The number of nitro benzene ring substituents is 1. The van der Waals surface area contributed by atoms with E-state index >= 15 is 0 Å². The first kappa shape index (κ1) is 23.6. The van der Waals surface area contributed by atoms with Crippen molar-refractivity contribution in [2.75, 3.05) is 18.6 Å². The summed E-state index contributed by atoms with van der Waals surface area (Å²) in [6, 6.07) is 19.6. The van der Waals surface area contributed by atoms with Crippen LogP contribution in [0.5, 0.6) is 0 Å². The second-order valence-electron chi connectivity index (χ2n) is 7.35. The van der Waals surface area contributed by atoms with Gasteiger partial charge in [0.25, 0.3) is 11.6 Å². The van der Waals surface area contributed by atoms with Gasteiger partial charge >= 0.3 is 5.97 Å². The van der Waals surface area contributed by atoms with Crippen LogP contribution in [0.2, 0.25) is 0 Å². The number of rotatable bonds is 9. The molecule has 1 N–H and O–H groups in total. The quantitative estimate of drug-likeness (QED) is 0.375. The number of aromatic carboxylic acids is 1. The summed E-state index contributed by atoms with van der Waals surface area (Å²) < 4.78 is 4.99. The van der Waals surface area contributed by atoms with Crippen LogP contribution in [0.25, 0.3) is 11.1 Å². The van der Waals surface area contributed by atoms with Gasteiger partial charge in [0.1, 0.15) is 12.3 Å². The Morgan fingerprint density at radius 2 is 1.64 bits per heavy atom. The van der Waals surface area contributed by atoms with Gasteiger partial charge in [-0.2, -0.15) is 0 Å². The molecule has 3 rings (SSSR count). The van der Waals surface area contributed by atoms with Gasteiger partial charge in [-0.15, -0.1) is 0 Å². The van der Waals surface area contributed by atoms with Crippen LogP contribution < -0.4 is 4.90 Å². The highest BCUT2D eigenvalue weighted by Gasteiger charge is 2.30. The fourth-order valence-corrected chi connectivity index (χ4v) is 3.74. The van der Waals surface area contributed by atoms with Crippen molar-refractivity contribution in [3.05, 3.63) is 93.5 Å². The highest BCUT2D eigenvalue weighted by Crippen LogP contribution is 2.36. The van der Waals surface area contributed by atoms with Crippen LogP contribution in [0, 0.1) is 10.1 Å². The average molecular weight is 448 g/mol. The summed E-state index contributed by atoms with van der Waals surface area (Å²) in [6.07, 6.45) is 0.197. The van der Waals surface area contributed by atoms with E-state index in [1.54, 1.807) is 6.92 Å². The van der Waals surface area contributed by atoms with E-state index in [0.29, 0.717) is 0 Å². The van der Waals surface area contributed by atoms with E-state index in [2.05, 4.69) is 0 Å². The molecule has 0 unspecified atom stereocenters. The normalized spacial score (nSPS) is 10.6. The van der Waals surface area contributed by atoms with E-state index in [9.17, 15) is 24.8 Å². The molecule has 0 radical (unpaired) electrons. The maximum atomic E-state index is 13.0. The summed E-state index contributed by atoms with van der Waals surface area (Å²) >= 11 is 0. The Balaban J connectivity index is 2.09. The molecule has 1 amide bonds. The number of anilines is 1. The molecule has 0 fully saturated rings. The predicted molar refractivity (Wildman–Crippen MR) is 124 cm³/mol. The van der Waals surface area contributed by atoms with Gasteiger partial charge < -0.3 is 9.84 Å². The summed E-state index contributed by atoms with van der Waals surface area (Å²) in [5, 5.41) is 21.4. The minimum absolute atomic E-state index is 0.0171. The Bertz CT molecular complexity index is 1160. The molecule has 3 aromatic carbocycles. The first-order chi connectivity index (χ1) is 15.9. The third-order valence-electron chi connectivity index (χ3n) is 5.28. The van der Waals surface area contributed by atoms with E-state index in [4.69, 9.17) is 4.74 Å². The number of hydrogen-bond donors (Lipinski definition) is 1. The molecule has 0 bridgehead atoms. The molecule has 0 atom stereocenters. The van der Waals surface area contributed by atoms with E-state index in [1.165, 1.54) is 18.1 Å². The molecule has 0 heterocycles. The first-order valence-corrected chi connectivity index (χ1v) is 10.3. The third kappa shape index (κ3) is 5.24. The second kappa shape index (κ2) is 10.5. The van der Waals surface area contributed by atoms with Gasteiger partial charge in [-0.1, -0.05) is 61.5 Å². The minimum atomic E-state index is -1.21. The number of hydrogen-bond acceptors (Lipinski definition) is 5. The smallest absolute Gasteiger partial charge is 0.336 e. The SMILES string of the molecule is CCc1c(C(=O)O)ccc([N+](=O)[O-])c1N(Cc1ccc(-c2ccccc2)cc1)C(=O)COC. The number of nitrogens with zero attached hydrogens (tertiary/aromatic N) is 2. The second-order valence-corrected chi connectivity index (χ2v) is 7.35. The number of carboxylic acid groups (broad SMARTS) is 1. The Kier molecular flexibility index (Phi) is 7.53. The lowest BCUT2D eigenvalue weighted by Gasteiger charge is -2.25. The molecular weight excluding hydrogens is 424 g/mol. The van der Waals surface area contributed by atoms with Crippen LogP contribution in [0.15, 0.2) is 66.7 Å². The van der Waals surface area contributed by atoms with Gasteiger partial charge in [0, 0.05) is 13.2 Å². The van der Waals surface area contributed by atoms with E-state index in [-0.39, 0.29) is 42.1 Å². The summed E-state index contributed by atoms with van der Waals surface area (Å²) in [6.45, 7) is 1.41. The lowest BCUT2D eigenvalue weighted by atomic mass is 9.99. The zero-order valence-corrected chi connectivity index (χ0v) is 18.4. The van der Waals surface area contributed by atoms with Crippen molar-refractivity contribution in [1.29, 1.82) is 0 Å². The molecule has 0 aliphatic rings. The number of carbonyl (C=O) groups is 2. The van der Waals surface area contributed by atoms with Crippen LogP contribution >= 0.6 is 0 Å². The predicted octanol–water partition coefficient (Wildman–Crippen LogP) is 4.70. The van der Waals surface area contributed by atoms with E-state index in [1.807, 2.05) is 54.6 Å². The molecule has 8 nitrogen and oxygen atoms in total. The van der Waals surface area contributed by atoms with E-state index in [0.717, 1.165) is 22.8 Å². The number of carboxylic acids is 1. The largest absolute Gasteiger partial charge is 0.478 e. The molecule has 0 spiro atoms. The topological polar surface area (TPSA) is 110 Å². The van der Waals surface area contributed by atoms with Gasteiger partial charge in [0.15, 0.2) is 0 Å². The molecule has 170 valence electrons. The van der Waals surface area contributed by atoms with Crippen molar-refractivity contribution < 1.29 is 24.4 Å².